The quantitative estimate of drug-likeness (QED) is 0.0898. The summed E-state index contributed by atoms with van der Waals surface area (Å²) < 4.78 is 11.9. The van der Waals surface area contributed by atoms with Gasteiger partial charge >= 0.3 is 11.9 Å². The fraction of sp³-hybridized carbons (Fsp3) is 0.759. The zero-order valence-corrected chi connectivity index (χ0v) is 41.8. The molecule has 0 aliphatic heterocycles. The van der Waals surface area contributed by atoms with Crippen LogP contribution in [0.1, 0.15) is 216 Å². The number of carbonyl (C=O) groups excluding carboxylic acids is 2. The Morgan fingerprint density at radius 3 is 1.34 bits per heavy atom. The van der Waals surface area contributed by atoms with Crippen LogP contribution in [0.25, 0.3) is 0 Å². The number of thioether (sulfide) groups is 1. The van der Waals surface area contributed by atoms with Crippen LogP contribution in [0.3, 0.4) is 0 Å². The zero-order valence-electron chi connectivity index (χ0n) is 41.0. The van der Waals surface area contributed by atoms with Gasteiger partial charge in [-0.15, -0.1) is 0 Å². The molecule has 2 N–H and O–H groups in total. The highest BCUT2D eigenvalue weighted by molar-refractivity contribution is 7.99. The van der Waals surface area contributed by atoms with Crippen molar-refractivity contribution >= 4 is 23.7 Å². The third kappa shape index (κ3) is 11.1. The van der Waals surface area contributed by atoms with Crippen molar-refractivity contribution in [1.29, 1.82) is 0 Å². The monoisotopic (exact) mass is 911 g/mol. The Bertz CT molecular complexity index is 1760. The lowest BCUT2D eigenvalue weighted by Crippen LogP contribution is -2.48. The lowest BCUT2D eigenvalue weighted by Gasteiger charge is -2.53. The molecule has 2 aromatic rings. The topological polar surface area (TPSA) is 93.1 Å². The van der Waals surface area contributed by atoms with Crippen molar-refractivity contribution in [2.75, 3.05) is 11.5 Å². The van der Waals surface area contributed by atoms with E-state index in [0.29, 0.717) is 58.8 Å². The third-order valence-electron chi connectivity index (χ3n) is 18.9. The smallest absolute Gasteiger partial charge is 0.302 e. The van der Waals surface area contributed by atoms with Gasteiger partial charge in [-0.05, 0) is 195 Å². The van der Waals surface area contributed by atoms with Gasteiger partial charge in [0, 0.05) is 24.7 Å². The van der Waals surface area contributed by atoms with Crippen LogP contribution in [-0.2, 0) is 31.9 Å². The summed E-state index contributed by atoms with van der Waals surface area (Å²) in [5.74, 6) is 8.19. The summed E-state index contributed by atoms with van der Waals surface area (Å²) in [6, 6.07) is 12.3. The fourth-order valence-corrected chi connectivity index (χ4v) is 16.9. The standard InChI is InChI=1S/C58H86O6S/c1-39(59)63-53-27-25-51-55-41(35-43-37-45(61)21-23-47(43)49(55)29-31-57(51,53)3)19-15-11-7-5-9-13-17-33-65-34-18-14-10-6-8-12-16-20-42-36-44-38-46(62)22-24-48(44)50-30-32-58(4)52(56(42)50)26-28-54(58)64-40(2)60/h21-24,37-38,41-42,49-56,61-62H,5-20,25-36H2,1-4H3/t41-,42-,49-,50-,51+,52+,53+,54+,55-,56-,57+,58+/m1/s1. The van der Waals surface area contributed by atoms with Crippen molar-refractivity contribution in [1.82, 2.24) is 0 Å². The maximum atomic E-state index is 12.0. The first-order valence-corrected chi connectivity index (χ1v) is 28.2. The molecule has 6 aliphatic rings. The maximum Gasteiger partial charge on any atom is 0.302 e. The van der Waals surface area contributed by atoms with E-state index < -0.39 is 0 Å². The Kier molecular flexibility index (Phi) is 16.6. The highest BCUT2D eigenvalue weighted by Gasteiger charge is 2.59. The van der Waals surface area contributed by atoms with Crippen LogP contribution in [0.2, 0.25) is 0 Å². The molecule has 4 fully saturated rings. The first kappa shape index (κ1) is 48.8. The molecule has 0 amide bonds. The molecule has 0 unspecified atom stereocenters. The minimum absolute atomic E-state index is 0.0661. The van der Waals surface area contributed by atoms with Gasteiger partial charge in [0.05, 0.1) is 0 Å². The average Bonchev–Trinajstić information content (AvgIpc) is 3.78. The predicted molar refractivity (Wildman–Crippen MR) is 265 cm³/mol. The highest BCUT2D eigenvalue weighted by atomic mass is 32.2. The van der Waals surface area contributed by atoms with Crippen molar-refractivity contribution in [3.8, 4) is 11.5 Å². The van der Waals surface area contributed by atoms with Gasteiger partial charge in [-0.3, -0.25) is 9.59 Å². The molecule has 0 bridgehead atoms. The molecule has 4 saturated carbocycles. The Balaban J connectivity index is 0.660. The van der Waals surface area contributed by atoms with Gasteiger partial charge in [0.2, 0.25) is 0 Å². The minimum atomic E-state index is -0.126. The van der Waals surface area contributed by atoms with E-state index in [4.69, 9.17) is 9.47 Å². The number of hydrogen-bond acceptors (Lipinski definition) is 7. The molecule has 2 aromatic carbocycles. The van der Waals surface area contributed by atoms with Crippen LogP contribution in [0, 0.1) is 46.3 Å². The summed E-state index contributed by atoms with van der Waals surface area (Å²) in [5.41, 5.74) is 5.92. The third-order valence-corrected chi connectivity index (χ3v) is 20.1. The predicted octanol–water partition coefficient (Wildman–Crippen LogP) is 14.8. The first-order valence-electron chi connectivity index (χ1n) is 27.0. The van der Waals surface area contributed by atoms with Crippen molar-refractivity contribution in [3.63, 3.8) is 0 Å². The Morgan fingerprint density at radius 2 is 0.938 bits per heavy atom. The number of rotatable bonds is 22. The molecule has 0 radical (unpaired) electrons. The van der Waals surface area contributed by atoms with Crippen LogP contribution < -0.4 is 0 Å². The molecule has 6 aliphatic carbocycles. The number of unbranched alkanes of at least 4 members (excludes halogenated alkanes) is 12. The lowest BCUT2D eigenvalue weighted by atomic mass is 9.52. The van der Waals surface area contributed by atoms with E-state index in [1.54, 1.807) is 13.8 Å². The number of aromatic hydroxyl groups is 2. The van der Waals surface area contributed by atoms with Crippen LogP contribution in [0.15, 0.2) is 36.4 Å². The van der Waals surface area contributed by atoms with E-state index in [1.807, 2.05) is 12.1 Å². The van der Waals surface area contributed by atoms with Crippen LogP contribution in [0.5, 0.6) is 11.5 Å². The minimum Gasteiger partial charge on any atom is -0.508 e. The highest BCUT2D eigenvalue weighted by Crippen LogP contribution is 2.65. The molecule has 7 heteroatoms. The summed E-state index contributed by atoms with van der Waals surface area (Å²) in [4.78, 5) is 24.0. The van der Waals surface area contributed by atoms with Gasteiger partial charge in [-0.2, -0.15) is 11.8 Å². The molecule has 0 aromatic heterocycles. The van der Waals surface area contributed by atoms with E-state index >= 15 is 0 Å². The van der Waals surface area contributed by atoms with E-state index in [-0.39, 0.29) is 35.0 Å². The number of ether oxygens (including phenoxy) is 2. The lowest BCUT2D eigenvalue weighted by molar-refractivity contribution is -0.156. The van der Waals surface area contributed by atoms with Crippen LogP contribution >= 0.6 is 11.8 Å². The molecule has 12 atom stereocenters. The van der Waals surface area contributed by atoms with Gasteiger partial charge in [0.1, 0.15) is 23.7 Å². The summed E-state index contributed by atoms with van der Waals surface area (Å²) in [5, 5.41) is 20.7. The molecule has 0 saturated heterocycles. The van der Waals surface area contributed by atoms with Gasteiger partial charge < -0.3 is 19.7 Å². The van der Waals surface area contributed by atoms with E-state index in [2.05, 4.69) is 49.9 Å². The summed E-state index contributed by atoms with van der Waals surface area (Å²) in [7, 11) is 0. The number of benzene rings is 2. The SMILES string of the molecule is CC(=O)O[C@H]1CC[C@H]2[C@@H]3[C@H](CCCCCCCCCSCCCCCCCCC[C@@H]4Cc5cc(O)ccc5[C@H]5CC[C@]6(C)[C@@H](OC(C)=O)CC[C@H]6[C@H]45)Cc4cc(O)ccc4[C@H]3CC[C@]12C. The van der Waals surface area contributed by atoms with Gasteiger partial charge in [-0.1, -0.05) is 103 Å². The van der Waals surface area contributed by atoms with E-state index in [9.17, 15) is 19.8 Å². The van der Waals surface area contributed by atoms with Crippen molar-refractivity contribution in [2.24, 2.45) is 46.3 Å². The molecule has 0 heterocycles. The number of phenols is 2. The molecule has 6 nitrogen and oxygen atoms in total. The number of esters is 2. The summed E-state index contributed by atoms with van der Waals surface area (Å²) in [6.07, 6.45) is 32.7. The van der Waals surface area contributed by atoms with Gasteiger partial charge in [-0.25, -0.2) is 0 Å². The molecule has 0 spiro atoms. The number of phenolic OH excluding ortho intramolecular Hbond substituents is 2. The second-order valence-corrected chi connectivity index (χ2v) is 24.1. The average molecular weight is 911 g/mol. The van der Waals surface area contributed by atoms with E-state index in [0.717, 1.165) is 38.5 Å². The Labute approximate surface area is 398 Å². The normalized spacial score (nSPS) is 33.2. The molecule has 360 valence electrons. The van der Waals surface area contributed by atoms with Crippen molar-refractivity contribution in [3.05, 3.63) is 58.7 Å². The van der Waals surface area contributed by atoms with Crippen LogP contribution in [-0.4, -0.2) is 45.9 Å². The molecule has 65 heavy (non-hydrogen) atoms. The number of carbonyl (C=O) groups is 2. The van der Waals surface area contributed by atoms with Gasteiger partial charge in [0.25, 0.3) is 0 Å². The number of fused-ring (bicyclic) bond motifs is 10. The molecule has 8 rings (SSSR count). The molecular formula is C58H86O6S. The van der Waals surface area contributed by atoms with E-state index in [1.165, 1.54) is 162 Å². The summed E-state index contributed by atoms with van der Waals surface area (Å²) >= 11 is 2.18. The second-order valence-electron chi connectivity index (χ2n) is 22.9. The first-order chi connectivity index (χ1) is 31.5. The second kappa shape index (κ2) is 22.2. The van der Waals surface area contributed by atoms with Crippen LogP contribution in [0.4, 0.5) is 0 Å². The van der Waals surface area contributed by atoms with Gasteiger partial charge in [0.15, 0.2) is 0 Å². The Morgan fingerprint density at radius 1 is 0.554 bits per heavy atom. The largest absolute Gasteiger partial charge is 0.508 e. The zero-order chi connectivity index (χ0) is 45.6. The molecular weight excluding hydrogens is 825 g/mol. The number of hydrogen-bond donors (Lipinski definition) is 2. The Hall–Kier alpha value is -2.67. The van der Waals surface area contributed by atoms with Crippen molar-refractivity contribution < 1.29 is 29.3 Å². The van der Waals surface area contributed by atoms with Crippen molar-refractivity contribution in [2.45, 2.75) is 219 Å². The fourth-order valence-electron chi connectivity index (χ4n) is 15.9. The maximum absolute atomic E-state index is 12.0. The summed E-state index contributed by atoms with van der Waals surface area (Å²) in [6.45, 7) is 8.00.